The second-order valence-electron chi connectivity index (χ2n) is 3.90. The quantitative estimate of drug-likeness (QED) is 0.946. The maximum atomic E-state index is 12.7. The summed E-state index contributed by atoms with van der Waals surface area (Å²) < 4.78 is 39.1. The standard InChI is InChI=1S/C11H7ClF3N3O2/c12-7-1-6(11(13,14)15)2-8(3-7)18-9(4-10(19)20)5-16-17-18/h1-3,5H,4H2,(H,19,20). The molecule has 2 rings (SSSR count). The van der Waals surface area contributed by atoms with Crippen molar-refractivity contribution >= 4 is 17.6 Å². The first-order valence-electron chi connectivity index (χ1n) is 5.27. The Hall–Kier alpha value is -2.09. The maximum Gasteiger partial charge on any atom is 0.416 e. The lowest BCUT2D eigenvalue weighted by Crippen LogP contribution is -2.10. The summed E-state index contributed by atoms with van der Waals surface area (Å²) in [6.07, 6.45) is -3.81. The number of benzene rings is 1. The monoisotopic (exact) mass is 305 g/mol. The minimum Gasteiger partial charge on any atom is -0.481 e. The third-order valence-electron chi connectivity index (χ3n) is 2.41. The van der Waals surface area contributed by atoms with E-state index in [0.29, 0.717) is 0 Å². The van der Waals surface area contributed by atoms with Crippen molar-refractivity contribution in [1.82, 2.24) is 15.0 Å². The fourth-order valence-corrected chi connectivity index (χ4v) is 1.84. The van der Waals surface area contributed by atoms with E-state index in [2.05, 4.69) is 10.3 Å². The van der Waals surface area contributed by atoms with Crippen molar-refractivity contribution in [1.29, 1.82) is 0 Å². The molecule has 0 saturated heterocycles. The van der Waals surface area contributed by atoms with E-state index in [9.17, 15) is 18.0 Å². The van der Waals surface area contributed by atoms with Crippen molar-refractivity contribution in [3.05, 3.63) is 40.7 Å². The predicted octanol–water partition coefficient (Wildman–Crippen LogP) is 2.57. The molecule has 0 spiro atoms. The number of aromatic nitrogens is 3. The van der Waals surface area contributed by atoms with Gasteiger partial charge in [-0.05, 0) is 18.2 Å². The van der Waals surface area contributed by atoms with E-state index in [0.717, 1.165) is 16.8 Å². The molecule has 9 heteroatoms. The zero-order chi connectivity index (χ0) is 14.9. The number of carboxylic acids is 1. The normalized spacial score (nSPS) is 11.6. The van der Waals surface area contributed by atoms with Gasteiger partial charge in [-0.15, -0.1) is 5.10 Å². The summed E-state index contributed by atoms with van der Waals surface area (Å²) in [6.45, 7) is 0. The Morgan fingerprint density at radius 1 is 1.35 bits per heavy atom. The lowest BCUT2D eigenvalue weighted by Gasteiger charge is -2.11. The van der Waals surface area contributed by atoms with Crippen LogP contribution in [0.15, 0.2) is 24.4 Å². The Kier molecular flexibility index (Phi) is 3.67. The van der Waals surface area contributed by atoms with Crippen LogP contribution in [0.25, 0.3) is 5.69 Å². The van der Waals surface area contributed by atoms with Crippen molar-refractivity contribution < 1.29 is 23.1 Å². The number of hydrogen-bond acceptors (Lipinski definition) is 3. The van der Waals surface area contributed by atoms with Crippen LogP contribution in [0.5, 0.6) is 0 Å². The second kappa shape index (κ2) is 5.12. The molecule has 0 unspecified atom stereocenters. The predicted molar refractivity (Wildman–Crippen MR) is 62.7 cm³/mol. The first kappa shape index (κ1) is 14.3. The van der Waals surface area contributed by atoms with Crippen LogP contribution < -0.4 is 0 Å². The second-order valence-corrected chi connectivity index (χ2v) is 4.34. The Balaban J connectivity index is 2.51. The van der Waals surface area contributed by atoms with Gasteiger partial charge in [0.05, 0.1) is 29.6 Å². The number of alkyl halides is 3. The van der Waals surface area contributed by atoms with E-state index in [1.807, 2.05) is 0 Å². The molecule has 0 aliphatic heterocycles. The van der Waals surface area contributed by atoms with Crippen LogP contribution >= 0.6 is 11.6 Å². The number of aliphatic carboxylic acids is 1. The van der Waals surface area contributed by atoms with Gasteiger partial charge in [-0.3, -0.25) is 4.79 Å². The summed E-state index contributed by atoms with van der Waals surface area (Å²) >= 11 is 5.65. The van der Waals surface area contributed by atoms with Crippen LogP contribution in [-0.2, 0) is 17.4 Å². The first-order valence-corrected chi connectivity index (χ1v) is 5.64. The lowest BCUT2D eigenvalue weighted by atomic mass is 10.2. The number of nitrogens with zero attached hydrogens (tertiary/aromatic N) is 3. The minimum absolute atomic E-state index is 0.00132. The van der Waals surface area contributed by atoms with E-state index >= 15 is 0 Å². The molecule has 0 amide bonds. The van der Waals surface area contributed by atoms with Crippen molar-refractivity contribution in [2.45, 2.75) is 12.6 Å². The van der Waals surface area contributed by atoms with Crippen molar-refractivity contribution in [3.63, 3.8) is 0 Å². The van der Waals surface area contributed by atoms with Crippen LogP contribution in [0.2, 0.25) is 5.02 Å². The van der Waals surface area contributed by atoms with Crippen LogP contribution in [0.3, 0.4) is 0 Å². The molecule has 2 aromatic rings. The highest BCUT2D eigenvalue weighted by Crippen LogP contribution is 2.32. The average Bonchev–Trinajstić information content (AvgIpc) is 2.74. The zero-order valence-electron chi connectivity index (χ0n) is 9.73. The average molecular weight is 306 g/mol. The van der Waals surface area contributed by atoms with E-state index in [1.165, 1.54) is 12.3 Å². The molecule has 5 nitrogen and oxygen atoms in total. The fraction of sp³-hybridized carbons (Fsp3) is 0.182. The van der Waals surface area contributed by atoms with Gasteiger partial charge in [-0.1, -0.05) is 16.8 Å². The van der Waals surface area contributed by atoms with Gasteiger partial charge in [-0.2, -0.15) is 13.2 Å². The van der Waals surface area contributed by atoms with E-state index in [1.54, 1.807) is 0 Å². The summed E-state index contributed by atoms with van der Waals surface area (Å²) in [5.74, 6) is -1.15. The lowest BCUT2D eigenvalue weighted by molar-refractivity contribution is -0.138. The van der Waals surface area contributed by atoms with E-state index in [4.69, 9.17) is 16.7 Å². The Labute approximate surface area is 115 Å². The van der Waals surface area contributed by atoms with Gasteiger partial charge in [-0.25, -0.2) is 4.68 Å². The molecule has 0 saturated carbocycles. The summed E-state index contributed by atoms with van der Waals surface area (Å²) in [6, 6.07) is 2.85. The zero-order valence-corrected chi connectivity index (χ0v) is 10.5. The van der Waals surface area contributed by atoms with Crippen molar-refractivity contribution in [3.8, 4) is 5.69 Å². The summed E-state index contributed by atoms with van der Waals surface area (Å²) in [4.78, 5) is 10.7. The van der Waals surface area contributed by atoms with Gasteiger partial charge in [0.15, 0.2) is 0 Å². The maximum absolute atomic E-state index is 12.7. The third kappa shape index (κ3) is 3.08. The van der Waals surface area contributed by atoms with E-state index < -0.39 is 24.1 Å². The summed E-state index contributed by atoms with van der Waals surface area (Å²) in [5, 5.41) is 15.7. The molecule has 0 fully saturated rings. The highest BCUT2D eigenvalue weighted by Gasteiger charge is 2.31. The van der Waals surface area contributed by atoms with Crippen LogP contribution in [-0.4, -0.2) is 26.1 Å². The van der Waals surface area contributed by atoms with Gasteiger partial charge in [0.2, 0.25) is 0 Å². The molecule has 0 aliphatic carbocycles. The van der Waals surface area contributed by atoms with Gasteiger partial charge < -0.3 is 5.11 Å². The highest BCUT2D eigenvalue weighted by atomic mass is 35.5. The Morgan fingerprint density at radius 2 is 2.05 bits per heavy atom. The third-order valence-corrected chi connectivity index (χ3v) is 2.62. The number of halogens is 4. The Morgan fingerprint density at radius 3 is 2.65 bits per heavy atom. The molecule has 0 aliphatic rings. The molecule has 1 heterocycles. The molecule has 20 heavy (non-hydrogen) atoms. The van der Waals surface area contributed by atoms with Crippen LogP contribution in [0, 0.1) is 0 Å². The number of hydrogen-bond donors (Lipinski definition) is 1. The SMILES string of the molecule is O=C(O)Cc1cnnn1-c1cc(Cl)cc(C(F)(F)F)c1. The molecule has 1 aromatic heterocycles. The Bertz CT molecular complexity index is 655. The highest BCUT2D eigenvalue weighted by molar-refractivity contribution is 6.30. The minimum atomic E-state index is -4.56. The topological polar surface area (TPSA) is 68.0 Å². The molecule has 1 aromatic carbocycles. The van der Waals surface area contributed by atoms with Crippen LogP contribution in [0.4, 0.5) is 13.2 Å². The number of carboxylic acid groups (broad SMARTS) is 1. The van der Waals surface area contributed by atoms with Gasteiger partial charge in [0.1, 0.15) is 0 Å². The van der Waals surface area contributed by atoms with E-state index in [-0.39, 0.29) is 16.4 Å². The largest absolute Gasteiger partial charge is 0.481 e. The van der Waals surface area contributed by atoms with Gasteiger partial charge in [0.25, 0.3) is 0 Å². The van der Waals surface area contributed by atoms with Gasteiger partial charge in [0, 0.05) is 5.02 Å². The molecular weight excluding hydrogens is 299 g/mol. The van der Waals surface area contributed by atoms with Crippen molar-refractivity contribution in [2.75, 3.05) is 0 Å². The van der Waals surface area contributed by atoms with Crippen LogP contribution in [0.1, 0.15) is 11.3 Å². The molecule has 0 bridgehead atoms. The first-order chi connectivity index (χ1) is 9.27. The van der Waals surface area contributed by atoms with Gasteiger partial charge >= 0.3 is 12.1 Å². The molecular formula is C11H7ClF3N3O2. The molecule has 1 N–H and O–H groups in total. The number of carbonyl (C=O) groups is 1. The number of rotatable bonds is 3. The molecule has 0 radical (unpaired) electrons. The fourth-order valence-electron chi connectivity index (χ4n) is 1.61. The van der Waals surface area contributed by atoms with Crippen molar-refractivity contribution in [2.24, 2.45) is 0 Å². The smallest absolute Gasteiger partial charge is 0.416 e. The summed E-state index contributed by atoms with van der Waals surface area (Å²) in [7, 11) is 0. The molecule has 0 atom stereocenters. The molecule has 106 valence electrons. The summed E-state index contributed by atoms with van der Waals surface area (Å²) in [5.41, 5.74) is -0.803.